The quantitative estimate of drug-likeness (QED) is 0.536. The van der Waals surface area contributed by atoms with Gasteiger partial charge in [0, 0.05) is 11.6 Å². The van der Waals surface area contributed by atoms with E-state index in [4.69, 9.17) is 9.47 Å². The minimum absolute atomic E-state index is 0.181. The summed E-state index contributed by atoms with van der Waals surface area (Å²) >= 11 is 0. The van der Waals surface area contributed by atoms with Gasteiger partial charge in [0.1, 0.15) is 0 Å². The number of hydrogen-bond donors (Lipinski definition) is 3. The topological polar surface area (TPSA) is 106 Å². The molecule has 120 valence electrons. The fourth-order valence-electron chi connectivity index (χ4n) is 1.55. The Labute approximate surface area is 128 Å². The van der Waals surface area contributed by atoms with Crippen LogP contribution in [-0.2, 0) is 9.59 Å². The molecule has 0 unspecified atom stereocenters. The standard InChI is InChI=1S/C14H19N3O5/c1-8(2)15-13(19)14(20)17-16-12(18)9-5-6-10(21-3)11(7-9)22-4/h5-8H,1-4H3,(H,15,19)(H,16,18)(H,17,20). The summed E-state index contributed by atoms with van der Waals surface area (Å²) in [6, 6.07) is 4.33. The highest BCUT2D eigenvalue weighted by atomic mass is 16.5. The van der Waals surface area contributed by atoms with Crippen LogP contribution in [0.15, 0.2) is 18.2 Å². The summed E-state index contributed by atoms with van der Waals surface area (Å²) in [6.45, 7) is 3.43. The molecule has 0 fully saturated rings. The number of carbonyl (C=O) groups excluding carboxylic acids is 3. The minimum Gasteiger partial charge on any atom is -0.493 e. The first-order valence-corrected chi connectivity index (χ1v) is 6.52. The Morgan fingerprint density at radius 2 is 1.59 bits per heavy atom. The molecule has 0 aliphatic carbocycles. The molecule has 0 spiro atoms. The molecule has 8 heteroatoms. The van der Waals surface area contributed by atoms with Crippen molar-refractivity contribution in [1.29, 1.82) is 0 Å². The van der Waals surface area contributed by atoms with Gasteiger partial charge in [-0.05, 0) is 32.0 Å². The van der Waals surface area contributed by atoms with Gasteiger partial charge in [-0.3, -0.25) is 25.2 Å². The van der Waals surface area contributed by atoms with E-state index in [1.54, 1.807) is 19.9 Å². The van der Waals surface area contributed by atoms with Crippen molar-refractivity contribution in [2.24, 2.45) is 0 Å². The van der Waals surface area contributed by atoms with Crippen LogP contribution in [0.5, 0.6) is 11.5 Å². The number of hydrogen-bond acceptors (Lipinski definition) is 5. The first-order valence-electron chi connectivity index (χ1n) is 6.52. The van der Waals surface area contributed by atoms with E-state index in [-0.39, 0.29) is 11.6 Å². The number of benzene rings is 1. The molecule has 0 bridgehead atoms. The predicted octanol–water partition coefficient (Wildman–Crippen LogP) is -0.0106. The van der Waals surface area contributed by atoms with E-state index >= 15 is 0 Å². The molecule has 22 heavy (non-hydrogen) atoms. The van der Waals surface area contributed by atoms with E-state index in [1.807, 2.05) is 5.43 Å². The van der Waals surface area contributed by atoms with Gasteiger partial charge in [-0.15, -0.1) is 0 Å². The molecular weight excluding hydrogens is 290 g/mol. The second kappa shape index (κ2) is 7.87. The van der Waals surface area contributed by atoms with Gasteiger partial charge < -0.3 is 14.8 Å². The Morgan fingerprint density at radius 1 is 0.955 bits per heavy atom. The summed E-state index contributed by atoms with van der Waals surface area (Å²) in [7, 11) is 2.92. The van der Waals surface area contributed by atoms with E-state index in [0.29, 0.717) is 11.5 Å². The SMILES string of the molecule is COc1ccc(C(=O)NNC(=O)C(=O)NC(C)C)cc1OC. The second-order valence-electron chi connectivity index (χ2n) is 4.61. The Hall–Kier alpha value is -2.77. The van der Waals surface area contributed by atoms with E-state index in [0.717, 1.165) is 0 Å². The lowest BCUT2D eigenvalue weighted by Gasteiger charge is -2.11. The smallest absolute Gasteiger partial charge is 0.327 e. The van der Waals surface area contributed by atoms with Crippen LogP contribution >= 0.6 is 0 Å². The van der Waals surface area contributed by atoms with Crippen molar-refractivity contribution in [3.63, 3.8) is 0 Å². The molecule has 0 saturated carbocycles. The predicted molar refractivity (Wildman–Crippen MR) is 78.4 cm³/mol. The third-order valence-corrected chi connectivity index (χ3v) is 2.56. The first kappa shape index (κ1) is 17.3. The molecule has 0 aliphatic heterocycles. The normalized spacial score (nSPS) is 9.86. The van der Waals surface area contributed by atoms with E-state index in [1.165, 1.54) is 26.4 Å². The van der Waals surface area contributed by atoms with Gasteiger partial charge in [0.15, 0.2) is 11.5 Å². The summed E-state index contributed by atoms with van der Waals surface area (Å²) in [5.41, 5.74) is 4.41. The number of nitrogens with one attached hydrogen (secondary N) is 3. The van der Waals surface area contributed by atoms with Crippen molar-refractivity contribution >= 4 is 17.7 Å². The number of methoxy groups -OCH3 is 2. The van der Waals surface area contributed by atoms with Gasteiger partial charge >= 0.3 is 11.8 Å². The molecule has 0 aromatic heterocycles. The zero-order chi connectivity index (χ0) is 16.7. The third-order valence-electron chi connectivity index (χ3n) is 2.56. The number of hydrazine groups is 1. The van der Waals surface area contributed by atoms with Crippen molar-refractivity contribution in [3.05, 3.63) is 23.8 Å². The summed E-state index contributed by atoms with van der Waals surface area (Å²) in [5.74, 6) is -1.53. The van der Waals surface area contributed by atoms with Gasteiger partial charge in [0.25, 0.3) is 5.91 Å². The van der Waals surface area contributed by atoms with E-state index in [2.05, 4.69) is 10.7 Å². The zero-order valence-electron chi connectivity index (χ0n) is 12.9. The molecular formula is C14H19N3O5. The number of carbonyl (C=O) groups is 3. The van der Waals surface area contributed by atoms with Crippen LogP contribution in [-0.4, -0.2) is 38.0 Å². The highest BCUT2D eigenvalue weighted by Crippen LogP contribution is 2.27. The van der Waals surface area contributed by atoms with E-state index < -0.39 is 17.7 Å². The maximum Gasteiger partial charge on any atom is 0.327 e. The number of amides is 3. The number of ether oxygens (including phenoxy) is 2. The lowest BCUT2D eigenvalue weighted by atomic mass is 10.2. The maximum atomic E-state index is 11.9. The Balaban J connectivity index is 2.66. The molecule has 3 N–H and O–H groups in total. The molecule has 0 radical (unpaired) electrons. The Bertz CT molecular complexity index is 572. The molecule has 0 heterocycles. The van der Waals surface area contributed by atoms with Crippen molar-refractivity contribution in [2.45, 2.75) is 19.9 Å². The summed E-state index contributed by atoms with van der Waals surface area (Å²) < 4.78 is 10.1. The van der Waals surface area contributed by atoms with Crippen LogP contribution in [0.25, 0.3) is 0 Å². The highest BCUT2D eigenvalue weighted by molar-refractivity contribution is 6.35. The molecule has 8 nitrogen and oxygen atoms in total. The van der Waals surface area contributed by atoms with Crippen molar-refractivity contribution in [1.82, 2.24) is 16.2 Å². The van der Waals surface area contributed by atoms with E-state index in [9.17, 15) is 14.4 Å². The molecule has 0 atom stereocenters. The van der Waals surface area contributed by atoms with Crippen molar-refractivity contribution in [2.75, 3.05) is 14.2 Å². The fourth-order valence-corrected chi connectivity index (χ4v) is 1.55. The largest absolute Gasteiger partial charge is 0.493 e. The summed E-state index contributed by atoms with van der Waals surface area (Å²) in [5, 5.41) is 2.40. The molecule has 1 aromatic carbocycles. The summed E-state index contributed by atoms with van der Waals surface area (Å²) in [4.78, 5) is 34.7. The first-order chi connectivity index (χ1) is 10.4. The van der Waals surface area contributed by atoms with Crippen molar-refractivity contribution in [3.8, 4) is 11.5 Å². The highest BCUT2D eigenvalue weighted by Gasteiger charge is 2.16. The monoisotopic (exact) mass is 309 g/mol. The average Bonchev–Trinajstić information content (AvgIpc) is 2.50. The lowest BCUT2D eigenvalue weighted by Crippen LogP contribution is -2.49. The van der Waals surface area contributed by atoms with Gasteiger partial charge in [0.05, 0.1) is 14.2 Å². The summed E-state index contributed by atoms with van der Waals surface area (Å²) in [6.07, 6.45) is 0. The minimum atomic E-state index is -0.956. The molecule has 1 rings (SSSR count). The average molecular weight is 309 g/mol. The fraction of sp³-hybridized carbons (Fsp3) is 0.357. The number of rotatable bonds is 4. The van der Waals surface area contributed by atoms with Gasteiger partial charge in [-0.25, -0.2) is 0 Å². The maximum absolute atomic E-state index is 11.9. The van der Waals surface area contributed by atoms with Crippen LogP contribution < -0.4 is 25.6 Å². The zero-order valence-corrected chi connectivity index (χ0v) is 12.9. The van der Waals surface area contributed by atoms with Gasteiger partial charge in [-0.2, -0.15) is 0 Å². The lowest BCUT2D eigenvalue weighted by molar-refractivity contribution is -0.139. The Morgan fingerprint density at radius 3 is 2.14 bits per heavy atom. The molecule has 0 saturated heterocycles. The van der Waals surface area contributed by atoms with Gasteiger partial charge in [-0.1, -0.05) is 0 Å². The molecule has 1 aromatic rings. The van der Waals surface area contributed by atoms with Crippen LogP contribution in [0.4, 0.5) is 0 Å². The van der Waals surface area contributed by atoms with Gasteiger partial charge in [0.2, 0.25) is 0 Å². The van der Waals surface area contributed by atoms with Crippen LogP contribution in [0, 0.1) is 0 Å². The van der Waals surface area contributed by atoms with Crippen LogP contribution in [0.2, 0.25) is 0 Å². The van der Waals surface area contributed by atoms with Crippen LogP contribution in [0.1, 0.15) is 24.2 Å². The third kappa shape index (κ3) is 4.65. The van der Waals surface area contributed by atoms with Crippen LogP contribution in [0.3, 0.4) is 0 Å². The molecule has 0 aliphatic rings. The molecule has 3 amide bonds. The second-order valence-corrected chi connectivity index (χ2v) is 4.61. The van der Waals surface area contributed by atoms with Crippen molar-refractivity contribution < 1.29 is 23.9 Å². The Kier molecular flexibility index (Phi) is 6.18.